The van der Waals surface area contributed by atoms with Crippen LogP contribution >= 0.6 is 24.4 Å². The van der Waals surface area contributed by atoms with Crippen molar-refractivity contribution in [2.45, 2.75) is 37.5 Å². The minimum Gasteiger partial charge on any atom is -0.480 e. The lowest BCUT2D eigenvalue weighted by molar-refractivity contribution is -0.142. The lowest BCUT2D eigenvalue weighted by atomic mass is 10.2. The van der Waals surface area contributed by atoms with Crippen LogP contribution in [-0.2, 0) is 19.2 Å². The first-order valence-corrected chi connectivity index (χ1v) is 9.80. The van der Waals surface area contributed by atoms with Gasteiger partial charge in [-0.25, -0.2) is 0 Å². The second-order valence-corrected chi connectivity index (χ2v) is 6.79. The van der Waals surface area contributed by atoms with Crippen LogP contribution in [0.15, 0.2) is 0 Å². The van der Waals surface area contributed by atoms with E-state index in [0.717, 1.165) is 0 Å². The predicted octanol–water partition coefficient (Wildman–Crippen LogP) is -2.45. The number of carbonyl (C=O) groups is 4. The molecular formula is C14H26N4O6S2. The molecule has 0 aliphatic carbocycles. The molecule has 0 aliphatic rings. The van der Waals surface area contributed by atoms with E-state index >= 15 is 0 Å². The van der Waals surface area contributed by atoms with Crippen LogP contribution in [0.5, 0.6) is 0 Å². The van der Waals surface area contributed by atoms with Crippen LogP contribution in [0.2, 0.25) is 0 Å². The fraction of sp³-hybridized carbons (Fsp3) is 0.714. The highest BCUT2D eigenvalue weighted by Gasteiger charge is 2.28. The summed E-state index contributed by atoms with van der Waals surface area (Å²) < 4.78 is 0. The normalized spacial score (nSPS) is 15.3. The lowest BCUT2D eigenvalue weighted by Gasteiger charge is -2.22. The number of nitrogens with one attached hydrogen (secondary N) is 3. The Labute approximate surface area is 161 Å². The highest BCUT2D eigenvalue weighted by Crippen LogP contribution is 2.00. The zero-order valence-electron chi connectivity index (χ0n) is 14.6. The standard InChI is InChI=1S/C14H26N4O6S2/c1-7(14(23)24)16-12(21)9(5-19)17-13(22)10(6-25)18-11(20)8(15)3-4-26-2/h7-10,19,25H,3-6,15H2,1-2H3,(H,16,21)(H,17,22)(H,18,20)(H,23,24). The number of thioether (sulfide) groups is 1. The number of aliphatic hydroxyl groups is 1. The van der Waals surface area contributed by atoms with Gasteiger partial charge in [-0.2, -0.15) is 24.4 Å². The third-order valence-electron chi connectivity index (χ3n) is 3.33. The van der Waals surface area contributed by atoms with Crippen molar-refractivity contribution in [3.8, 4) is 0 Å². The van der Waals surface area contributed by atoms with Crippen molar-refractivity contribution in [3.63, 3.8) is 0 Å². The topological polar surface area (TPSA) is 171 Å². The van der Waals surface area contributed by atoms with Crippen LogP contribution in [0.1, 0.15) is 13.3 Å². The van der Waals surface area contributed by atoms with Crippen molar-refractivity contribution in [3.05, 3.63) is 0 Å². The number of carboxylic acids is 1. The summed E-state index contributed by atoms with van der Waals surface area (Å²) in [6.45, 7) is 0.494. The number of aliphatic hydroxyl groups excluding tert-OH is 1. The molecule has 0 bridgehead atoms. The summed E-state index contributed by atoms with van der Waals surface area (Å²) in [7, 11) is 0. The van der Waals surface area contributed by atoms with Crippen molar-refractivity contribution in [1.29, 1.82) is 0 Å². The number of hydrogen-bond donors (Lipinski definition) is 7. The lowest BCUT2D eigenvalue weighted by Crippen LogP contribution is -2.58. The molecule has 150 valence electrons. The number of rotatable bonds is 12. The summed E-state index contributed by atoms with van der Waals surface area (Å²) in [5.74, 6) is -2.78. The van der Waals surface area contributed by atoms with E-state index in [2.05, 4.69) is 28.6 Å². The summed E-state index contributed by atoms with van der Waals surface area (Å²) >= 11 is 5.52. The Hall–Kier alpha value is -1.50. The van der Waals surface area contributed by atoms with Gasteiger partial charge < -0.3 is 31.9 Å². The quantitative estimate of drug-likeness (QED) is 0.174. The van der Waals surface area contributed by atoms with E-state index in [-0.39, 0.29) is 5.75 Å². The van der Waals surface area contributed by atoms with Crippen molar-refractivity contribution in [1.82, 2.24) is 16.0 Å². The summed E-state index contributed by atoms with van der Waals surface area (Å²) in [4.78, 5) is 46.8. The fourth-order valence-electron chi connectivity index (χ4n) is 1.69. The Bertz CT molecular complexity index is 508. The van der Waals surface area contributed by atoms with Gasteiger partial charge in [-0.3, -0.25) is 19.2 Å². The van der Waals surface area contributed by atoms with E-state index < -0.39 is 54.5 Å². The molecule has 0 fully saturated rings. The predicted molar refractivity (Wildman–Crippen MR) is 101 cm³/mol. The van der Waals surface area contributed by atoms with Gasteiger partial charge >= 0.3 is 5.97 Å². The maximum Gasteiger partial charge on any atom is 0.325 e. The summed E-state index contributed by atoms with van der Waals surface area (Å²) in [6, 6.07) is -4.41. The summed E-state index contributed by atoms with van der Waals surface area (Å²) in [6.07, 6.45) is 2.31. The number of carbonyl (C=O) groups excluding carboxylic acids is 3. The molecule has 10 nitrogen and oxygen atoms in total. The van der Waals surface area contributed by atoms with Gasteiger partial charge in [0.2, 0.25) is 17.7 Å². The molecule has 0 aliphatic heterocycles. The third-order valence-corrected chi connectivity index (χ3v) is 4.34. The van der Waals surface area contributed by atoms with Crippen molar-refractivity contribution >= 4 is 48.1 Å². The molecular weight excluding hydrogens is 384 g/mol. The zero-order chi connectivity index (χ0) is 20.3. The fourth-order valence-corrected chi connectivity index (χ4v) is 2.44. The molecule has 4 atom stereocenters. The van der Waals surface area contributed by atoms with Crippen LogP contribution < -0.4 is 21.7 Å². The van der Waals surface area contributed by atoms with Crippen LogP contribution in [-0.4, -0.2) is 82.4 Å². The number of hydrogen-bond acceptors (Lipinski definition) is 8. The number of amides is 3. The van der Waals surface area contributed by atoms with Gasteiger partial charge in [-0.15, -0.1) is 0 Å². The van der Waals surface area contributed by atoms with E-state index in [1.54, 1.807) is 0 Å². The van der Waals surface area contributed by atoms with Crippen LogP contribution in [0.3, 0.4) is 0 Å². The van der Waals surface area contributed by atoms with E-state index in [1.165, 1.54) is 18.7 Å². The SMILES string of the molecule is CSCCC(N)C(=O)NC(CS)C(=O)NC(CO)C(=O)NC(C)C(=O)O. The molecule has 0 radical (unpaired) electrons. The molecule has 7 N–H and O–H groups in total. The Balaban J connectivity index is 4.77. The maximum absolute atomic E-state index is 12.2. The van der Waals surface area contributed by atoms with E-state index in [4.69, 9.17) is 10.8 Å². The highest BCUT2D eigenvalue weighted by molar-refractivity contribution is 7.98. The zero-order valence-corrected chi connectivity index (χ0v) is 16.3. The minimum absolute atomic E-state index is 0.0574. The van der Waals surface area contributed by atoms with Gasteiger partial charge in [-0.05, 0) is 25.4 Å². The van der Waals surface area contributed by atoms with Crippen LogP contribution in [0.4, 0.5) is 0 Å². The van der Waals surface area contributed by atoms with Crippen molar-refractivity contribution in [2.75, 3.05) is 24.4 Å². The first-order valence-electron chi connectivity index (χ1n) is 7.78. The van der Waals surface area contributed by atoms with Gasteiger partial charge in [0.25, 0.3) is 0 Å². The number of nitrogens with two attached hydrogens (primary N) is 1. The number of carboxylic acid groups (broad SMARTS) is 1. The molecule has 0 heterocycles. The number of thiol groups is 1. The van der Waals surface area contributed by atoms with E-state index in [0.29, 0.717) is 12.2 Å². The van der Waals surface area contributed by atoms with Crippen LogP contribution in [0.25, 0.3) is 0 Å². The van der Waals surface area contributed by atoms with Crippen molar-refractivity contribution in [2.24, 2.45) is 5.73 Å². The highest BCUT2D eigenvalue weighted by atomic mass is 32.2. The average Bonchev–Trinajstić information content (AvgIpc) is 2.60. The van der Waals surface area contributed by atoms with E-state index in [1.807, 2.05) is 6.26 Å². The molecule has 0 aromatic carbocycles. The minimum atomic E-state index is -1.37. The summed E-state index contributed by atoms with van der Waals surface area (Å²) in [5.41, 5.74) is 5.72. The molecule has 4 unspecified atom stereocenters. The van der Waals surface area contributed by atoms with Gasteiger partial charge in [-0.1, -0.05) is 0 Å². The second kappa shape index (κ2) is 12.8. The van der Waals surface area contributed by atoms with E-state index in [9.17, 15) is 24.3 Å². The van der Waals surface area contributed by atoms with Gasteiger partial charge in [0.15, 0.2) is 0 Å². The largest absolute Gasteiger partial charge is 0.480 e. The Morgan fingerprint density at radius 3 is 2.08 bits per heavy atom. The molecule has 3 amide bonds. The molecule has 0 aromatic rings. The first-order chi connectivity index (χ1) is 12.2. The molecule has 0 saturated carbocycles. The summed E-state index contributed by atoms with van der Waals surface area (Å²) in [5, 5.41) is 24.9. The third kappa shape index (κ3) is 8.74. The second-order valence-electron chi connectivity index (χ2n) is 5.44. The number of aliphatic carboxylic acids is 1. The van der Waals surface area contributed by atoms with Gasteiger partial charge in [0.1, 0.15) is 18.1 Å². The molecule has 0 aromatic heterocycles. The molecule has 0 rings (SSSR count). The smallest absolute Gasteiger partial charge is 0.325 e. The van der Waals surface area contributed by atoms with Gasteiger partial charge in [0.05, 0.1) is 12.6 Å². The average molecular weight is 411 g/mol. The van der Waals surface area contributed by atoms with Crippen LogP contribution in [0, 0.1) is 0 Å². The molecule has 12 heteroatoms. The molecule has 0 saturated heterocycles. The molecule has 0 spiro atoms. The van der Waals surface area contributed by atoms with Gasteiger partial charge in [0, 0.05) is 5.75 Å². The maximum atomic E-state index is 12.2. The first kappa shape index (κ1) is 24.5. The Morgan fingerprint density at radius 2 is 1.62 bits per heavy atom. The van der Waals surface area contributed by atoms with Crippen molar-refractivity contribution < 1.29 is 29.4 Å². The monoisotopic (exact) mass is 410 g/mol. The molecule has 26 heavy (non-hydrogen) atoms. The Kier molecular flexibility index (Phi) is 12.1. The Morgan fingerprint density at radius 1 is 1.08 bits per heavy atom.